The number of benzene rings is 1. The first-order valence-electron chi connectivity index (χ1n) is 7.54. The molecule has 0 spiro atoms. The molecular formula is C15H18B2N2O3S. The molecule has 0 amide bonds. The molecule has 0 saturated carbocycles. The number of thiophene rings is 1. The smallest absolute Gasteiger partial charge is 0.433 e. The van der Waals surface area contributed by atoms with E-state index < -0.39 is 14.2 Å². The fraction of sp³-hybridized carbons (Fsp3) is 0.400. The van der Waals surface area contributed by atoms with Crippen LogP contribution in [-0.2, 0) is 9.31 Å². The summed E-state index contributed by atoms with van der Waals surface area (Å²) >= 11 is 1.45. The van der Waals surface area contributed by atoms with E-state index in [4.69, 9.17) is 9.31 Å². The van der Waals surface area contributed by atoms with Gasteiger partial charge in [0, 0.05) is 28.7 Å². The van der Waals surface area contributed by atoms with Gasteiger partial charge in [-0.2, -0.15) is 5.26 Å². The van der Waals surface area contributed by atoms with Crippen molar-refractivity contribution in [3.05, 3.63) is 23.8 Å². The molecule has 2 N–H and O–H groups in total. The normalized spacial score (nSPS) is 17.1. The highest BCUT2D eigenvalue weighted by molar-refractivity contribution is 7.23. The first-order chi connectivity index (χ1) is 10.9. The summed E-state index contributed by atoms with van der Waals surface area (Å²) in [6, 6.07) is 8.08. The molecule has 2 heterocycles. The van der Waals surface area contributed by atoms with Crippen LogP contribution in [0.5, 0.6) is 0 Å². The Morgan fingerprint density at radius 2 is 2.09 bits per heavy atom. The second-order valence-corrected chi connectivity index (χ2v) is 7.63. The van der Waals surface area contributed by atoms with Gasteiger partial charge in [-0.3, -0.25) is 0 Å². The van der Waals surface area contributed by atoms with Crippen molar-refractivity contribution in [2.24, 2.45) is 5.41 Å². The standard InChI is InChI=1S/C15H18B2N2O3S/c1-15(2)8-21-17(22-9-15)11-5-4-6-12-13(11)10(7-18)14(23-12)19-16(3)20/h4-6,19-20H,8-9H2,1-3H3. The van der Waals surface area contributed by atoms with E-state index in [1.807, 2.05) is 18.2 Å². The maximum absolute atomic E-state index is 9.58. The molecule has 2 aromatic rings. The quantitative estimate of drug-likeness (QED) is 0.844. The maximum atomic E-state index is 9.58. The molecule has 1 aromatic carbocycles. The van der Waals surface area contributed by atoms with Crippen molar-refractivity contribution in [3.8, 4) is 6.07 Å². The number of rotatable bonds is 3. The summed E-state index contributed by atoms with van der Waals surface area (Å²) in [6.45, 7) is 7.04. The summed E-state index contributed by atoms with van der Waals surface area (Å²) in [7, 11) is -1.19. The van der Waals surface area contributed by atoms with E-state index in [1.54, 1.807) is 6.82 Å². The zero-order valence-corrected chi connectivity index (χ0v) is 14.2. The average molecular weight is 328 g/mol. The predicted molar refractivity (Wildman–Crippen MR) is 95.1 cm³/mol. The number of nitrogens with one attached hydrogen (secondary N) is 1. The first-order valence-corrected chi connectivity index (χ1v) is 8.36. The Bertz CT molecular complexity index is 760. The van der Waals surface area contributed by atoms with Crippen molar-refractivity contribution in [2.75, 3.05) is 18.4 Å². The molecule has 1 aliphatic rings. The van der Waals surface area contributed by atoms with Crippen LogP contribution < -0.4 is 10.7 Å². The highest BCUT2D eigenvalue weighted by Gasteiger charge is 2.35. The van der Waals surface area contributed by atoms with Gasteiger partial charge < -0.3 is 19.6 Å². The fourth-order valence-electron chi connectivity index (χ4n) is 2.64. The van der Waals surface area contributed by atoms with Crippen LogP contribution >= 0.6 is 11.3 Å². The molecule has 0 unspecified atom stereocenters. The highest BCUT2D eigenvalue weighted by Crippen LogP contribution is 2.35. The summed E-state index contributed by atoms with van der Waals surface area (Å²) in [4.78, 5) is 0. The molecule has 0 atom stereocenters. The molecule has 0 bridgehead atoms. The molecule has 8 heteroatoms. The second-order valence-electron chi connectivity index (χ2n) is 6.58. The van der Waals surface area contributed by atoms with Gasteiger partial charge in [-0.1, -0.05) is 26.0 Å². The van der Waals surface area contributed by atoms with E-state index in [0.29, 0.717) is 23.8 Å². The molecule has 5 nitrogen and oxygen atoms in total. The van der Waals surface area contributed by atoms with Crippen LogP contribution in [0.1, 0.15) is 19.4 Å². The monoisotopic (exact) mass is 328 g/mol. The number of anilines is 1. The van der Waals surface area contributed by atoms with Gasteiger partial charge in [0.1, 0.15) is 6.07 Å². The minimum atomic E-state index is -0.721. The lowest BCUT2D eigenvalue weighted by atomic mass is 9.73. The van der Waals surface area contributed by atoms with Crippen molar-refractivity contribution in [3.63, 3.8) is 0 Å². The zero-order valence-electron chi connectivity index (χ0n) is 13.4. The summed E-state index contributed by atoms with van der Waals surface area (Å²) < 4.78 is 12.7. The van der Waals surface area contributed by atoms with Crippen molar-refractivity contribution in [1.29, 1.82) is 5.26 Å². The lowest BCUT2D eigenvalue weighted by molar-refractivity contribution is 0.0344. The number of nitriles is 1. The Labute approximate surface area is 140 Å². The van der Waals surface area contributed by atoms with E-state index in [0.717, 1.165) is 15.5 Å². The Hall–Kier alpha value is -1.52. The molecule has 1 aliphatic heterocycles. The molecule has 1 saturated heterocycles. The van der Waals surface area contributed by atoms with Crippen molar-refractivity contribution in [1.82, 2.24) is 0 Å². The molecular weight excluding hydrogens is 310 g/mol. The predicted octanol–water partition coefficient (Wildman–Crippen LogP) is 2.06. The van der Waals surface area contributed by atoms with Crippen LogP contribution in [0.25, 0.3) is 10.1 Å². The minimum Gasteiger partial charge on any atom is -0.433 e. The SMILES string of the molecule is CB(O)Nc1sc2cccc(B3OCC(C)(C)CO3)c2c1C#N. The molecule has 23 heavy (non-hydrogen) atoms. The Morgan fingerprint density at radius 1 is 1.39 bits per heavy atom. The van der Waals surface area contributed by atoms with Crippen LogP contribution in [0, 0.1) is 16.7 Å². The maximum Gasteiger partial charge on any atom is 0.494 e. The van der Waals surface area contributed by atoms with Gasteiger partial charge in [0.2, 0.25) is 0 Å². The Morgan fingerprint density at radius 3 is 2.70 bits per heavy atom. The first kappa shape index (κ1) is 16.3. The van der Waals surface area contributed by atoms with Crippen LogP contribution in [-0.4, -0.2) is 32.4 Å². The van der Waals surface area contributed by atoms with Crippen molar-refractivity contribution >= 4 is 46.1 Å². The van der Waals surface area contributed by atoms with E-state index >= 15 is 0 Å². The van der Waals surface area contributed by atoms with Crippen molar-refractivity contribution < 1.29 is 14.3 Å². The van der Waals surface area contributed by atoms with Gasteiger partial charge in [0.05, 0.1) is 10.6 Å². The van der Waals surface area contributed by atoms with Crippen LogP contribution in [0.15, 0.2) is 18.2 Å². The van der Waals surface area contributed by atoms with Crippen molar-refractivity contribution in [2.45, 2.75) is 20.7 Å². The van der Waals surface area contributed by atoms with E-state index in [2.05, 4.69) is 25.1 Å². The Balaban J connectivity index is 2.05. The molecule has 0 aliphatic carbocycles. The lowest BCUT2D eigenvalue weighted by Gasteiger charge is -2.33. The third kappa shape index (κ3) is 3.24. The third-order valence-electron chi connectivity index (χ3n) is 3.70. The van der Waals surface area contributed by atoms with Crippen LogP contribution in [0.2, 0.25) is 6.82 Å². The molecule has 1 aromatic heterocycles. The third-order valence-corrected chi connectivity index (χ3v) is 4.79. The van der Waals surface area contributed by atoms with Gasteiger partial charge in [-0.25, -0.2) is 0 Å². The average Bonchev–Trinajstić information content (AvgIpc) is 2.83. The van der Waals surface area contributed by atoms with Gasteiger partial charge in [-0.15, -0.1) is 11.3 Å². The topological polar surface area (TPSA) is 74.5 Å². The van der Waals surface area contributed by atoms with E-state index in [9.17, 15) is 10.3 Å². The van der Waals surface area contributed by atoms with Gasteiger partial charge in [0.25, 0.3) is 0 Å². The van der Waals surface area contributed by atoms with E-state index in [1.165, 1.54) is 11.3 Å². The second kappa shape index (κ2) is 6.17. The van der Waals surface area contributed by atoms with Gasteiger partial charge in [-0.05, 0) is 18.4 Å². The zero-order chi connectivity index (χ0) is 16.6. The largest absolute Gasteiger partial charge is 0.494 e. The highest BCUT2D eigenvalue weighted by atomic mass is 32.1. The van der Waals surface area contributed by atoms with Gasteiger partial charge >= 0.3 is 14.2 Å². The molecule has 118 valence electrons. The summed E-state index contributed by atoms with van der Waals surface area (Å²) in [5.74, 6) is 0. The van der Waals surface area contributed by atoms with Gasteiger partial charge in [0.15, 0.2) is 0 Å². The summed E-state index contributed by atoms with van der Waals surface area (Å²) in [6.07, 6.45) is 0. The molecule has 0 radical (unpaired) electrons. The van der Waals surface area contributed by atoms with Crippen LogP contribution in [0.3, 0.4) is 0 Å². The van der Waals surface area contributed by atoms with Crippen LogP contribution in [0.4, 0.5) is 5.00 Å². The Kier molecular flexibility index (Phi) is 4.39. The minimum absolute atomic E-state index is 0.00383. The summed E-state index contributed by atoms with van der Waals surface area (Å²) in [5.41, 5.74) is 1.39. The number of nitrogens with zero attached hydrogens (tertiary/aromatic N) is 1. The number of hydrogen-bond donors (Lipinski definition) is 2. The fourth-order valence-corrected chi connectivity index (χ4v) is 3.81. The lowest BCUT2D eigenvalue weighted by Crippen LogP contribution is -2.47. The number of hydrogen-bond acceptors (Lipinski definition) is 6. The molecule has 1 fully saturated rings. The van der Waals surface area contributed by atoms with E-state index in [-0.39, 0.29) is 5.41 Å². The molecule has 3 rings (SSSR count). The summed E-state index contributed by atoms with van der Waals surface area (Å²) in [5, 5.41) is 23.6. The number of fused-ring (bicyclic) bond motifs is 1.